The molecule has 7 nitrogen and oxygen atoms in total. The van der Waals surface area contributed by atoms with Crippen molar-refractivity contribution in [3.63, 3.8) is 0 Å². The summed E-state index contributed by atoms with van der Waals surface area (Å²) < 4.78 is 5.33. The smallest absolute Gasteiger partial charge is 0.252 e. The van der Waals surface area contributed by atoms with Crippen molar-refractivity contribution in [1.29, 1.82) is 0 Å². The van der Waals surface area contributed by atoms with Crippen molar-refractivity contribution < 1.29 is 14.3 Å². The van der Waals surface area contributed by atoms with Gasteiger partial charge in [-0.15, -0.1) is 0 Å². The summed E-state index contributed by atoms with van der Waals surface area (Å²) in [5, 5.41) is 2.92. The van der Waals surface area contributed by atoms with Gasteiger partial charge in [0.05, 0.1) is 12.7 Å². The summed E-state index contributed by atoms with van der Waals surface area (Å²) >= 11 is 0. The van der Waals surface area contributed by atoms with E-state index in [1.165, 1.54) is 0 Å². The van der Waals surface area contributed by atoms with E-state index >= 15 is 0 Å². The topological polar surface area (TPSA) is 74.8 Å². The van der Waals surface area contributed by atoms with Gasteiger partial charge in [-0.25, -0.2) is 4.98 Å². The largest absolute Gasteiger partial charge is 0.496 e. The number of pyridine rings is 1. The van der Waals surface area contributed by atoms with Crippen molar-refractivity contribution in [2.24, 2.45) is 0 Å². The number of ether oxygens (including phenoxy) is 1. The SMILES string of the molecule is COc1ccccc1CCNC(=O)c1ccc(N2CCN(C(C)=O)CC2)nc1. The second-order valence-electron chi connectivity index (χ2n) is 6.72. The molecule has 0 radical (unpaired) electrons. The second-order valence-corrected chi connectivity index (χ2v) is 6.72. The Labute approximate surface area is 165 Å². The van der Waals surface area contributed by atoms with Crippen molar-refractivity contribution in [3.05, 3.63) is 53.7 Å². The third-order valence-corrected chi connectivity index (χ3v) is 4.93. The van der Waals surface area contributed by atoms with Gasteiger partial charge in [0.15, 0.2) is 0 Å². The van der Waals surface area contributed by atoms with Crippen LogP contribution < -0.4 is 15.0 Å². The molecule has 0 saturated carbocycles. The lowest BCUT2D eigenvalue weighted by molar-refractivity contribution is -0.129. The Morgan fingerprint density at radius 2 is 1.86 bits per heavy atom. The van der Waals surface area contributed by atoms with E-state index in [-0.39, 0.29) is 11.8 Å². The molecule has 2 amide bonds. The van der Waals surface area contributed by atoms with Gasteiger partial charge in [0.25, 0.3) is 5.91 Å². The van der Waals surface area contributed by atoms with Gasteiger partial charge < -0.3 is 19.9 Å². The number of nitrogens with zero attached hydrogens (tertiary/aromatic N) is 3. The van der Waals surface area contributed by atoms with Crippen LogP contribution >= 0.6 is 0 Å². The Hall–Kier alpha value is -3.09. The van der Waals surface area contributed by atoms with E-state index in [9.17, 15) is 9.59 Å². The van der Waals surface area contributed by atoms with E-state index in [1.54, 1.807) is 26.3 Å². The summed E-state index contributed by atoms with van der Waals surface area (Å²) in [4.78, 5) is 32.2. The van der Waals surface area contributed by atoms with E-state index < -0.39 is 0 Å². The highest BCUT2D eigenvalue weighted by Crippen LogP contribution is 2.17. The van der Waals surface area contributed by atoms with E-state index in [0.29, 0.717) is 31.6 Å². The van der Waals surface area contributed by atoms with Crippen molar-refractivity contribution in [3.8, 4) is 5.75 Å². The molecule has 0 bridgehead atoms. The van der Waals surface area contributed by atoms with E-state index in [4.69, 9.17) is 4.74 Å². The van der Waals surface area contributed by atoms with Gasteiger partial charge in [0, 0.05) is 45.8 Å². The number of amides is 2. The summed E-state index contributed by atoms with van der Waals surface area (Å²) in [6, 6.07) is 11.4. The Kier molecular flexibility index (Phi) is 6.47. The number of para-hydroxylation sites is 1. The number of anilines is 1. The zero-order valence-corrected chi connectivity index (χ0v) is 16.4. The predicted octanol–water partition coefficient (Wildman–Crippen LogP) is 1.73. The molecule has 2 aromatic rings. The minimum absolute atomic E-state index is 0.104. The van der Waals surface area contributed by atoms with Crippen LogP contribution in [0.5, 0.6) is 5.75 Å². The summed E-state index contributed by atoms with van der Waals surface area (Å²) in [6.45, 7) is 5.00. The number of carbonyl (C=O) groups is 2. The molecule has 0 spiro atoms. The fourth-order valence-electron chi connectivity index (χ4n) is 3.28. The zero-order chi connectivity index (χ0) is 19.9. The van der Waals surface area contributed by atoms with Crippen LogP contribution in [0, 0.1) is 0 Å². The first-order valence-corrected chi connectivity index (χ1v) is 9.45. The average molecular weight is 382 g/mol. The molecule has 2 heterocycles. The van der Waals surface area contributed by atoms with Crippen molar-refractivity contribution in [2.45, 2.75) is 13.3 Å². The van der Waals surface area contributed by atoms with Crippen LogP contribution in [0.1, 0.15) is 22.8 Å². The van der Waals surface area contributed by atoms with Crippen molar-refractivity contribution >= 4 is 17.6 Å². The van der Waals surface area contributed by atoms with Gasteiger partial charge >= 0.3 is 0 Å². The molecule has 1 fully saturated rings. The average Bonchev–Trinajstić information content (AvgIpc) is 2.74. The molecule has 1 aliphatic heterocycles. The summed E-state index contributed by atoms with van der Waals surface area (Å²) in [6.07, 6.45) is 2.30. The molecule has 1 saturated heterocycles. The molecule has 1 aromatic heterocycles. The minimum Gasteiger partial charge on any atom is -0.496 e. The highest BCUT2D eigenvalue weighted by Gasteiger charge is 2.19. The van der Waals surface area contributed by atoms with Crippen LogP contribution in [0.4, 0.5) is 5.82 Å². The molecule has 148 valence electrons. The second kappa shape index (κ2) is 9.21. The molecule has 7 heteroatoms. The zero-order valence-electron chi connectivity index (χ0n) is 16.4. The lowest BCUT2D eigenvalue weighted by atomic mass is 10.1. The molecular weight excluding hydrogens is 356 g/mol. The summed E-state index contributed by atoms with van der Waals surface area (Å²) in [7, 11) is 1.64. The number of carbonyl (C=O) groups excluding carboxylic acids is 2. The lowest BCUT2D eigenvalue weighted by Gasteiger charge is -2.34. The molecule has 1 aliphatic rings. The highest BCUT2D eigenvalue weighted by molar-refractivity contribution is 5.94. The summed E-state index contributed by atoms with van der Waals surface area (Å²) in [5.74, 6) is 1.62. The van der Waals surface area contributed by atoms with Gasteiger partial charge in [-0.05, 0) is 30.2 Å². The fraction of sp³-hybridized carbons (Fsp3) is 0.381. The van der Waals surface area contributed by atoms with Gasteiger partial charge in [-0.3, -0.25) is 9.59 Å². The number of hydrogen-bond donors (Lipinski definition) is 1. The summed E-state index contributed by atoms with van der Waals surface area (Å²) in [5.41, 5.74) is 1.59. The Bertz CT molecular complexity index is 815. The van der Waals surface area contributed by atoms with Crippen LogP contribution in [-0.2, 0) is 11.2 Å². The number of nitrogens with one attached hydrogen (secondary N) is 1. The lowest BCUT2D eigenvalue weighted by Crippen LogP contribution is -2.48. The maximum absolute atomic E-state index is 12.4. The van der Waals surface area contributed by atoms with E-state index in [0.717, 1.165) is 30.2 Å². The Morgan fingerprint density at radius 3 is 2.50 bits per heavy atom. The van der Waals surface area contributed by atoms with Gasteiger partial charge in [0.1, 0.15) is 11.6 Å². The predicted molar refractivity (Wildman–Crippen MR) is 108 cm³/mol. The Morgan fingerprint density at radius 1 is 1.11 bits per heavy atom. The number of benzene rings is 1. The molecule has 0 atom stereocenters. The van der Waals surface area contributed by atoms with E-state index in [1.807, 2.05) is 35.2 Å². The first kappa shape index (κ1) is 19.7. The third kappa shape index (κ3) is 4.79. The number of rotatable bonds is 6. The third-order valence-electron chi connectivity index (χ3n) is 4.93. The van der Waals surface area contributed by atoms with Crippen molar-refractivity contribution in [2.75, 3.05) is 44.7 Å². The normalized spacial score (nSPS) is 13.9. The van der Waals surface area contributed by atoms with E-state index in [2.05, 4.69) is 15.2 Å². The molecule has 0 aliphatic carbocycles. The maximum Gasteiger partial charge on any atom is 0.252 e. The monoisotopic (exact) mass is 382 g/mol. The fourth-order valence-corrected chi connectivity index (χ4v) is 3.28. The molecule has 1 aromatic carbocycles. The van der Waals surface area contributed by atoms with Crippen LogP contribution in [0.25, 0.3) is 0 Å². The number of piperazine rings is 1. The highest BCUT2D eigenvalue weighted by atomic mass is 16.5. The number of methoxy groups -OCH3 is 1. The van der Waals surface area contributed by atoms with Gasteiger partial charge in [-0.2, -0.15) is 0 Å². The molecule has 1 N–H and O–H groups in total. The number of aromatic nitrogens is 1. The molecule has 28 heavy (non-hydrogen) atoms. The van der Waals surface area contributed by atoms with Crippen LogP contribution in [-0.4, -0.2) is 61.5 Å². The Balaban J connectivity index is 1.50. The molecule has 3 rings (SSSR count). The minimum atomic E-state index is -0.143. The van der Waals surface area contributed by atoms with Crippen LogP contribution in [0.2, 0.25) is 0 Å². The van der Waals surface area contributed by atoms with Crippen LogP contribution in [0.3, 0.4) is 0 Å². The standard InChI is InChI=1S/C21H26N4O3/c1-16(26)24-11-13-25(14-12-24)20-8-7-18(15-23-20)21(27)22-10-9-17-5-3-4-6-19(17)28-2/h3-8,15H,9-14H2,1-2H3,(H,22,27). The first-order valence-electron chi connectivity index (χ1n) is 9.45. The maximum atomic E-state index is 12.4. The van der Waals surface area contributed by atoms with Crippen LogP contribution in [0.15, 0.2) is 42.6 Å². The number of hydrogen-bond acceptors (Lipinski definition) is 5. The van der Waals surface area contributed by atoms with Crippen molar-refractivity contribution in [1.82, 2.24) is 15.2 Å². The van der Waals surface area contributed by atoms with Gasteiger partial charge in [0.2, 0.25) is 5.91 Å². The molecule has 0 unspecified atom stereocenters. The van der Waals surface area contributed by atoms with Gasteiger partial charge in [-0.1, -0.05) is 18.2 Å². The quantitative estimate of drug-likeness (QED) is 0.824. The molecular formula is C21H26N4O3. The first-order chi connectivity index (χ1) is 13.6.